The van der Waals surface area contributed by atoms with E-state index in [1.165, 1.54) is 12.7 Å². The fourth-order valence-electron chi connectivity index (χ4n) is 1.97. The van der Waals surface area contributed by atoms with E-state index in [0.29, 0.717) is 6.54 Å². The number of aryl methyl sites for hydroxylation is 1. The van der Waals surface area contributed by atoms with Gasteiger partial charge in [-0.3, -0.25) is 5.32 Å². The molecule has 0 radical (unpaired) electrons. The van der Waals surface area contributed by atoms with Gasteiger partial charge in [-0.1, -0.05) is 36.3 Å². The molecule has 0 saturated heterocycles. The lowest BCUT2D eigenvalue weighted by atomic mass is 9.91. The number of azide groups is 1. The maximum absolute atomic E-state index is 12.1. The normalized spacial score (nSPS) is 13.2. The van der Waals surface area contributed by atoms with Gasteiger partial charge in [0.15, 0.2) is 0 Å². The molecular formula is C14H20N4O2. The highest BCUT2D eigenvalue weighted by Gasteiger charge is 2.35. The number of methoxy groups -OCH3 is 1. The van der Waals surface area contributed by atoms with Crippen LogP contribution >= 0.6 is 0 Å². The van der Waals surface area contributed by atoms with Crippen LogP contribution in [-0.4, -0.2) is 26.2 Å². The van der Waals surface area contributed by atoms with Crippen LogP contribution in [-0.2, 0) is 21.5 Å². The predicted molar refractivity (Wildman–Crippen MR) is 77.2 cm³/mol. The van der Waals surface area contributed by atoms with Gasteiger partial charge in [-0.15, -0.1) is 0 Å². The van der Waals surface area contributed by atoms with Crippen molar-refractivity contribution in [3.63, 3.8) is 0 Å². The lowest BCUT2D eigenvalue weighted by Crippen LogP contribution is -2.48. The van der Waals surface area contributed by atoms with E-state index < -0.39 is 5.54 Å². The molecule has 1 atom stereocenters. The molecule has 0 aliphatic carbocycles. The standard InChI is InChI=1S/C14H20N4O2/c1-4-11-5-7-12(8-6-11)14(2,13(19)20-3)16-9-10-17-18-15/h5-8,16H,4,9-10H2,1-3H3. The topological polar surface area (TPSA) is 87.1 Å². The Morgan fingerprint density at radius 3 is 2.60 bits per heavy atom. The lowest BCUT2D eigenvalue weighted by Gasteiger charge is -2.28. The third kappa shape index (κ3) is 3.73. The van der Waals surface area contributed by atoms with Gasteiger partial charge in [0.05, 0.1) is 7.11 Å². The summed E-state index contributed by atoms with van der Waals surface area (Å²) in [6.45, 7) is 4.50. The monoisotopic (exact) mass is 276 g/mol. The summed E-state index contributed by atoms with van der Waals surface area (Å²) in [5.74, 6) is -0.373. The van der Waals surface area contributed by atoms with Gasteiger partial charge in [0.25, 0.3) is 0 Å². The van der Waals surface area contributed by atoms with Gasteiger partial charge in [-0.2, -0.15) is 0 Å². The lowest BCUT2D eigenvalue weighted by molar-refractivity contribution is -0.148. The zero-order valence-corrected chi connectivity index (χ0v) is 12.1. The van der Waals surface area contributed by atoms with E-state index in [0.717, 1.165) is 12.0 Å². The SMILES string of the molecule is CCc1ccc(C(C)(NCCN=[N+]=[N-])C(=O)OC)cc1. The third-order valence-corrected chi connectivity index (χ3v) is 3.29. The Bertz CT molecular complexity index is 494. The fraction of sp³-hybridized carbons (Fsp3) is 0.500. The summed E-state index contributed by atoms with van der Waals surface area (Å²) >= 11 is 0. The minimum absolute atomic E-state index is 0.274. The van der Waals surface area contributed by atoms with Gasteiger partial charge in [-0.05, 0) is 30.0 Å². The number of esters is 1. The minimum Gasteiger partial charge on any atom is -0.467 e. The number of nitrogens with zero attached hydrogens (tertiary/aromatic N) is 3. The van der Waals surface area contributed by atoms with E-state index in [-0.39, 0.29) is 12.5 Å². The van der Waals surface area contributed by atoms with Crippen molar-refractivity contribution in [3.05, 3.63) is 45.8 Å². The maximum Gasteiger partial charge on any atom is 0.330 e. The van der Waals surface area contributed by atoms with Crippen LogP contribution in [0.5, 0.6) is 0 Å². The molecular weight excluding hydrogens is 256 g/mol. The molecule has 1 rings (SSSR count). The Morgan fingerprint density at radius 2 is 2.10 bits per heavy atom. The Kier molecular flexibility index (Phi) is 6.03. The van der Waals surface area contributed by atoms with Crippen LogP contribution < -0.4 is 5.32 Å². The zero-order chi connectivity index (χ0) is 15.0. The molecule has 108 valence electrons. The maximum atomic E-state index is 12.1. The average molecular weight is 276 g/mol. The molecule has 0 spiro atoms. The molecule has 0 saturated carbocycles. The molecule has 0 aromatic heterocycles. The van der Waals surface area contributed by atoms with Crippen LogP contribution in [0.2, 0.25) is 0 Å². The minimum atomic E-state index is -0.952. The number of carbonyl (C=O) groups is 1. The second kappa shape index (κ2) is 7.53. The smallest absolute Gasteiger partial charge is 0.330 e. The molecule has 6 nitrogen and oxygen atoms in total. The van der Waals surface area contributed by atoms with E-state index >= 15 is 0 Å². The number of hydrogen-bond acceptors (Lipinski definition) is 4. The second-order valence-electron chi connectivity index (χ2n) is 4.55. The number of carbonyl (C=O) groups excluding carboxylic acids is 1. The van der Waals surface area contributed by atoms with Gasteiger partial charge in [-0.25, -0.2) is 4.79 Å². The first-order chi connectivity index (χ1) is 9.58. The molecule has 0 aliphatic rings. The van der Waals surface area contributed by atoms with Crippen molar-refractivity contribution in [1.29, 1.82) is 0 Å². The molecule has 0 heterocycles. The summed E-state index contributed by atoms with van der Waals surface area (Å²) in [6.07, 6.45) is 0.944. The summed E-state index contributed by atoms with van der Waals surface area (Å²) in [7, 11) is 1.36. The Labute approximate surface area is 118 Å². The summed E-state index contributed by atoms with van der Waals surface area (Å²) in [4.78, 5) is 14.7. The average Bonchev–Trinajstić information content (AvgIpc) is 2.50. The molecule has 0 aliphatic heterocycles. The van der Waals surface area contributed by atoms with Crippen LogP contribution in [0, 0.1) is 0 Å². The summed E-state index contributed by atoms with van der Waals surface area (Å²) in [6, 6.07) is 7.81. The van der Waals surface area contributed by atoms with Crippen LogP contribution in [0.15, 0.2) is 29.4 Å². The number of nitrogens with one attached hydrogen (secondary N) is 1. The van der Waals surface area contributed by atoms with Crippen molar-refractivity contribution in [3.8, 4) is 0 Å². The van der Waals surface area contributed by atoms with Crippen molar-refractivity contribution < 1.29 is 9.53 Å². The van der Waals surface area contributed by atoms with Crippen LogP contribution in [0.25, 0.3) is 10.4 Å². The second-order valence-corrected chi connectivity index (χ2v) is 4.55. The number of rotatable bonds is 7. The van der Waals surface area contributed by atoms with Gasteiger partial charge >= 0.3 is 5.97 Å². The van der Waals surface area contributed by atoms with Crippen LogP contribution in [0.3, 0.4) is 0 Å². The Morgan fingerprint density at radius 1 is 1.45 bits per heavy atom. The molecule has 1 N–H and O–H groups in total. The van der Waals surface area contributed by atoms with E-state index in [1.807, 2.05) is 24.3 Å². The zero-order valence-electron chi connectivity index (χ0n) is 12.1. The van der Waals surface area contributed by atoms with Crippen molar-refractivity contribution in [2.45, 2.75) is 25.8 Å². The largest absolute Gasteiger partial charge is 0.467 e. The highest BCUT2D eigenvalue weighted by molar-refractivity contribution is 5.82. The summed E-state index contributed by atoms with van der Waals surface area (Å²) in [5, 5.41) is 6.54. The van der Waals surface area contributed by atoms with E-state index in [2.05, 4.69) is 22.3 Å². The Hall–Kier alpha value is -2.04. The summed E-state index contributed by atoms with van der Waals surface area (Å²) in [5.41, 5.74) is 9.34. The van der Waals surface area contributed by atoms with Crippen LogP contribution in [0.1, 0.15) is 25.0 Å². The molecule has 0 fully saturated rings. The van der Waals surface area contributed by atoms with Gasteiger partial charge < -0.3 is 4.74 Å². The van der Waals surface area contributed by atoms with Crippen molar-refractivity contribution in [2.24, 2.45) is 5.11 Å². The van der Waals surface area contributed by atoms with Gasteiger partial charge in [0.2, 0.25) is 0 Å². The van der Waals surface area contributed by atoms with E-state index in [9.17, 15) is 4.79 Å². The molecule has 0 bridgehead atoms. The summed E-state index contributed by atoms with van der Waals surface area (Å²) < 4.78 is 4.88. The molecule has 20 heavy (non-hydrogen) atoms. The highest BCUT2D eigenvalue weighted by Crippen LogP contribution is 2.23. The van der Waals surface area contributed by atoms with Gasteiger partial charge in [0, 0.05) is 18.0 Å². The first kappa shape index (κ1) is 16.0. The number of hydrogen-bond donors (Lipinski definition) is 1. The molecule has 1 aromatic rings. The highest BCUT2D eigenvalue weighted by atomic mass is 16.5. The quantitative estimate of drug-likeness (QED) is 0.273. The number of benzene rings is 1. The van der Waals surface area contributed by atoms with E-state index in [4.69, 9.17) is 10.3 Å². The molecule has 1 unspecified atom stereocenters. The fourth-order valence-corrected chi connectivity index (χ4v) is 1.97. The van der Waals surface area contributed by atoms with Gasteiger partial charge in [0.1, 0.15) is 5.54 Å². The predicted octanol–water partition coefficient (Wildman–Crippen LogP) is 2.54. The van der Waals surface area contributed by atoms with E-state index in [1.54, 1.807) is 6.92 Å². The Balaban J connectivity index is 2.96. The molecule has 6 heteroatoms. The molecule has 0 amide bonds. The van der Waals surface area contributed by atoms with Crippen LogP contribution in [0.4, 0.5) is 0 Å². The molecule has 1 aromatic carbocycles. The number of ether oxygens (including phenoxy) is 1. The van der Waals surface area contributed by atoms with Crippen molar-refractivity contribution >= 4 is 5.97 Å². The first-order valence-corrected chi connectivity index (χ1v) is 6.52. The van der Waals surface area contributed by atoms with Crippen molar-refractivity contribution in [1.82, 2.24) is 5.32 Å². The van der Waals surface area contributed by atoms with Crippen molar-refractivity contribution in [2.75, 3.05) is 20.2 Å². The third-order valence-electron chi connectivity index (χ3n) is 3.29. The first-order valence-electron chi connectivity index (χ1n) is 6.52.